The summed E-state index contributed by atoms with van der Waals surface area (Å²) in [6, 6.07) is 15.3. The third kappa shape index (κ3) is 3.59. The van der Waals surface area contributed by atoms with E-state index in [1.807, 2.05) is 48.5 Å². The number of hydrogen-bond donors (Lipinski definition) is 1. The van der Waals surface area contributed by atoms with Gasteiger partial charge in [-0.25, -0.2) is 4.98 Å². The Labute approximate surface area is 136 Å². The molecule has 6 heteroatoms. The molecular weight excluding hydrogens is 325 g/mol. The van der Waals surface area contributed by atoms with Crippen molar-refractivity contribution in [1.82, 2.24) is 15.2 Å². The van der Waals surface area contributed by atoms with Crippen LogP contribution in [0, 0.1) is 0 Å². The van der Waals surface area contributed by atoms with Gasteiger partial charge in [0.15, 0.2) is 5.82 Å². The molecule has 0 saturated heterocycles. The molecule has 106 valence electrons. The Morgan fingerprint density at radius 3 is 2.52 bits per heavy atom. The van der Waals surface area contributed by atoms with Crippen LogP contribution in [-0.4, -0.2) is 15.2 Å². The van der Waals surface area contributed by atoms with Crippen LogP contribution in [-0.2, 0) is 5.75 Å². The highest BCUT2D eigenvalue weighted by molar-refractivity contribution is 7.98. The van der Waals surface area contributed by atoms with Crippen LogP contribution in [0.15, 0.2) is 53.7 Å². The highest BCUT2D eigenvalue weighted by Gasteiger charge is 2.09. The van der Waals surface area contributed by atoms with E-state index in [9.17, 15) is 0 Å². The van der Waals surface area contributed by atoms with Gasteiger partial charge in [-0.15, -0.1) is 5.10 Å². The van der Waals surface area contributed by atoms with Crippen molar-refractivity contribution in [2.45, 2.75) is 10.9 Å². The molecule has 0 amide bonds. The molecule has 21 heavy (non-hydrogen) atoms. The molecule has 0 atom stereocenters. The molecule has 1 aromatic heterocycles. The monoisotopic (exact) mass is 335 g/mol. The van der Waals surface area contributed by atoms with Crippen LogP contribution in [0.25, 0.3) is 11.4 Å². The number of rotatable bonds is 4. The summed E-state index contributed by atoms with van der Waals surface area (Å²) >= 11 is 13.6. The van der Waals surface area contributed by atoms with Crippen molar-refractivity contribution in [2.75, 3.05) is 0 Å². The van der Waals surface area contributed by atoms with Crippen molar-refractivity contribution in [3.8, 4) is 11.4 Å². The quantitative estimate of drug-likeness (QED) is 0.676. The lowest BCUT2D eigenvalue weighted by Gasteiger charge is -1.99. The van der Waals surface area contributed by atoms with Crippen molar-refractivity contribution in [2.24, 2.45) is 0 Å². The van der Waals surface area contributed by atoms with Crippen LogP contribution in [0.4, 0.5) is 0 Å². The number of benzene rings is 2. The molecule has 3 rings (SSSR count). The Hall–Kier alpha value is -1.49. The molecule has 0 saturated carbocycles. The molecule has 1 heterocycles. The number of thioether (sulfide) groups is 1. The fraction of sp³-hybridized carbons (Fsp3) is 0.0667. The number of halogens is 2. The minimum absolute atomic E-state index is 0.655. The molecule has 1 N–H and O–H groups in total. The summed E-state index contributed by atoms with van der Waals surface area (Å²) in [5, 5.41) is 9.22. The molecule has 2 aromatic carbocycles. The molecule has 3 aromatic rings. The van der Waals surface area contributed by atoms with Gasteiger partial charge in [-0.2, -0.15) is 0 Å². The molecule has 0 unspecified atom stereocenters. The summed E-state index contributed by atoms with van der Waals surface area (Å²) in [6.45, 7) is 0. The van der Waals surface area contributed by atoms with Crippen molar-refractivity contribution in [3.05, 3.63) is 64.1 Å². The maximum absolute atomic E-state index is 6.15. The zero-order valence-electron chi connectivity index (χ0n) is 10.9. The predicted octanol–water partition coefficient (Wildman–Crippen LogP) is 5.07. The fourth-order valence-corrected chi connectivity index (χ4v) is 2.92. The Bertz CT molecular complexity index is 741. The summed E-state index contributed by atoms with van der Waals surface area (Å²) < 4.78 is 0. The number of nitrogens with zero attached hydrogens (tertiary/aromatic N) is 2. The second kappa shape index (κ2) is 6.52. The Morgan fingerprint density at radius 1 is 1.00 bits per heavy atom. The van der Waals surface area contributed by atoms with Crippen LogP contribution in [0.2, 0.25) is 10.0 Å². The molecular formula is C15H11Cl2N3S. The molecule has 0 spiro atoms. The van der Waals surface area contributed by atoms with Gasteiger partial charge in [0.05, 0.1) is 5.02 Å². The molecule has 3 nitrogen and oxygen atoms in total. The number of aromatic nitrogens is 3. The van der Waals surface area contributed by atoms with Crippen LogP contribution in [0.5, 0.6) is 0 Å². The summed E-state index contributed by atoms with van der Waals surface area (Å²) in [4.78, 5) is 4.46. The number of hydrogen-bond acceptors (Lipinski definition) is 3. The number of aromatic amines is 1. The number of nitrogens with one attached hydrogen (secondary N) is 1. The lowest BCUT2D eigenvalue weighted by atomic mass is 10.2. The first kappa shape index (κ1) is 14.4. The summed E-state index contributed by atoms with van der Waals surface area (Å²) in [6.07, 6.45) is 0. The first-order chi connectivity index (χ1) is 10.2. The largest absolute Gasteiger partial charge is 0.258 e. The molecule has 0 aliphatic heterocycles. The molecule has 0 fully saturated rings. The van der Waals surface area contributed by atoms with Crippen LogP contribution < -0.4 is 0 Å². The fourth-order valence-electron chi connectivity index (χ4n) is 1.81. The lowest BCUT2D eigenvalue weighted by Crippen LogP contribution is -1.82. The van der Waals surface area contributed by atoms with E-state index in [1.165, 1.54) is 5.56 Å². The maximum Gasteiger partial charge on any atom is 0.209 e. The zero-order valence-corrected chi connectivity index (χ0v) is 13.2. The average Bonchev–Trinajstić information content (AvgIpc) is 2.96. The van der Waals surface area contributed by atoms with Crippen molar-refractivity contribution < 1.29 is 0 Å². The topological polar surface area (TPSA) is 41.6 Å². The minimum Gasteiger partial charge on any atom is -0.258 e. The second-order valence-electron chi connectivity index (χ2n) is 4.36. The minimum atomic E-state index is 0.655. The van der Waals surface area contributed by atoms with Gasteiger partial charge in [0.1, 0.15) is 0 Å². The molecule has 0 bridgehead atoms. The highest BCUT2D eigenvalue weighted by Crippen LogP contribution is 2.27. The zero-order chi connectivity index (χ0) is 14.7. The summed E-state index contributed by atoms with van der Waals surface area (Å²) in [7, 11) is 0. The Balaban J connectivity index is 1.71. The van der Waals surface area contributed by atoms with Gasteiger partial charge < -0.3 is 0 Å². The standard InChI is InChI=1S/C15H11Cl2N3S/c16-11-7-5-10(6-8-11)9-21-15-18-14(19-20-15)12-3-1-2-4-13(12)17/h1-8H,9H2,(H,18,19,20). The lowest BCUT2D eigenvalue weighted by molar-refractivity contribution is 0.973. The van der Waals surface area contributed by atoms with Crippen molar-refractivity contribution in [3.63, 3.8) is 0 Å². The summed E-state index contributed by atoms with van der Waals surface area (Å²) in [5.74, 6) is 1.47. The van der Waals surface area contributed by atoms with E-state index in [0.717, 1.165) is 16.3 Å². The van der Waals surface area contributed by atoms with Gasteiger partial charge in [0, 0.05) is 16.3 Å². The van der Waals surface area contributed by atoms with E-state index in [1.54, 1.807) is 11.8 Å². The van der Waals surface area contributed by atoms with Crippen LogP contribution >= 0.6 is 35.0 Å². The summed E-state index contributed by atoms with van der Waals surface area (Å²) in [5.41, 5.74) is 2.03. The smallest absolute Gasteiger partial charge is 0.209 e. The van der Waals surface area contributed by atoms with E-state index in [0.29, 0.717) is 16.0 Å². The third-order valence-corrected chi connectivity index (χ3v) is 4.38. The first-order valence-corrected chi connectivity index (χ1v) is 8.01. The van der Waals surface area contributed by atoms with E-state index in [-0.39, 0.29) is 0 Å². The number of H-pyrrole nitrogens is 1. The normalized spacial score (nSPS) is 10.8. The Kier molecular flexibility index (Phi) is 4.48. The first-order valence-electron chi connectivity index (χ1n) is 6.27. The van der Waals surface area contributed by atoms with Gasteiger partial charge in [0.2, 0.25) is 5.16 Å². The predicted molar refractivity (Wildman–Crippen MR) is 87.8 cm³/mol. The van der Waals surface area contributed by atoms with Crippen molar-refractivity contribution >= 4 is 35.0 Å². The molecule has 0 radical (unpaired) electrons. The van der Waals surface area contributed by atoms with Gasteiger partial charge in [0.25, 0.3) is 0 Å². The van der Waals surface area contributed by atoms with Gasteiger partial charge in [-0.3, -0.25) is 5.10 Å². The Morgan fingerprint density at radius 2 is 1.76 bits per heavy atom. The third-order valence-electron chi connectivity index (χ3n) is 2.88. The molecule has 0 aliphatic carbocycles. The average molecular weight is 336 g/mol. The van der Waals surface area contributed by atoms with Gasteiger partial charge in [-0.05, 0) is 29.8 Å². The highest BCUT2D eigenvalue weighted by atomic mass is 35.5. The van der Waals surface area contributed by atoms with Crippen LogP contribution in [0.1, 0.15) is 5.56 Å². The van der Waals surface area contributed by atoms with Gasteiger partial charge in [-0.1, -0.05) is 59.2 Å². The van der Waals surface area contributed by atoms with E-state index in [2.05, 4.69) is 15.2 Å². The van der Waals surface area contributed by atoms with E-state index < -0.39 is 0 Å². The van der Waals surface area contributed by atoms with Crippen molar-refractivity contribution in [1.29, 1.82) is 0 Å². The maximum atomic E-state index is 6.15. The van der Waals surface area contributed by atoms with Crippen LogP contribution in [0.3, 0.4) is 0 Å². The molecule has 0 aliphatic rings. The SMILES string of the molecule is Clc1ccc(CSc2n[nH]c(-c3ccccc3Cl)n2)cc1. The van der Waals surface area contributed by atoms with Gasteiger partial charge >= 0.3 is 0 Å². The second-order valence-corrected chi connectivity index (χ2v) is 6.15. The van der Waals surface area contributed by atoms with E-state index >= 15 is 0 Å². The van der Waals surface area contributed by atoms with E-state index in [4.69, 9.17) is 23.2 Å².